The highest BCUT2D eigenvalue weighted by Crippen LogP contribution is 2.24. The predicted molar refractivity (Wildman–Crippen MR) is 45.7 cm³/mol. The molecule has 1 aromatic rings. The van der Waals surface area contributed by atoms with E-state index >= 15 is 0 Å². The van der Waals surface area contributed by atoms with Crippen molar-refractivity contribution in [1.29, 1.82) is 0 Å². The Morgan fingerprint density at radius 1 is 1.27 bits per heavy atom. The van der Waals surface area contributed by atoms with E-state index in [-0.39, 0.29) is 0 Å². The Balaban J connectivity index is 3.21. The van der Waals surface area contributed by atoms with Crippen molar-refractivity contribution in [2.75, 3.05) is 0 Å². The second-order valence-electron chi connectivity index (χ2n) is 2.48. The summed E-state index contributed by atoms with van der Waals surface area (Å²) >= 11 is 5.85. The first-order chi connectivity index (χ1) is 5.15. The Morgan fingerprint density at radius 2 is 1.91 bits per heavy atom. The lowest BCUT2D eigenvalue weighted by Crippen LogP contribution is -2.03. The minimum Gasteiger partial charge on any atom is -0.411 e. The minimum absolute atomic E-state index is 0.673. The number of hydrogen-bond donors (Lipinski definition) is 1. The Labute approximate surface area is 70.9 Å². The summed E-state index contributed by atoms with van der Waals surface area (Å²) in [5, 5.41) is 0.739. The molecular weight excluding hydrogens is 162 g/mol. The van der Waals surface area contributed by atoms with Crippen LogP contribution in [0.15, 0.2) is 12.1 Å². The minimum atomic E-state index is 0.673. The van der Waals surface area contributed by atoms with Crippen LogP contribution in [0.4, 0.5) is 0 Å². The first-order valence-electron chi connectivity index (χ1n) is 3.28. The first-order valence-corrected chi connectivity index (χ1v) is 3.66. The van der Waals surface area contributed by atoms with Crippen molar-refractivity contribution in [1.82, 2.24) is 0 Å². The molecule has 1 rings (SSSR count). The van der Waals surface area contributed by atoms with Crippen molar-refractivity contribution in [3.05, 3.63) is 28.3 Å². The normalized spacial score (nSPS) is 9.82. The zero-order chi connectivity index (χ0) is 8.43. The lowest BCUT2D eigenvalue weighted by Gasteiger charge is -2.05. The Hall–Kier alpha value is -0.730. The van der Waals surface area contributed by atoms with Crippen molar-refractivity contribution >= 4 is 11.6 Å². The van der Waals surface area contributed by atoms with Crippen LogP contribution in [0.25, 0.3) is 0 Å². The fourth-order valence-electron chi connectivity index (χ4n) is 0.881. The molecule has 0 aromatic heterocycles. The molecule has 0 saturated carbocycles. The van der Waals surface area contributed by atoms with Crippen LogP contribution < -0.4 is 10.7 Å². The molecule has 0 fully saturated rings. The summed E-state index contributed by atoms with van der Waals surface area (Å²) in [4.78, 5) is 4.62. The van der Waals surface area contributed by atoms with E-state index in [0.717, 1.165) is 16.1 Å². The number of rotatable bonds is 1. The van der Waals surface area contributed by atoms with Crippen LogP contribution in [0.2, 0.25) is 5.02 Å². The fraction of sp³-hybridized carbons (Fsp3) is 0.250. The van der Waals surface area contributed by atoms with Gasteiger partial charge in [0.25, 0.3) is 0 Å². The topological polar surface area (TPSA) is 35.2 Å². The molecule has 0 heterocycles. The molecule has 0 unspecified atom stereocenters. The van der Waals surface area contributed by atoms with Gasteiger partial charge in [0.15, 0.2) is 0 Å². The van der Waals surface area contributed by atoms with Gasteiger partial charge in [-0.25, -0.2) is 0 Å². The molecule has 60 valence electrons. The molecule has 11 heavy (non-hydrogen) atoms. The molecule has 3 heteroatoms. The molecule has 0 radical (unpaired) electrons. The monoisotopic (exact) mass is 171 g/mol. The SMILES string of the molecule is Cc1cc(ON)c(C)cc1Cl. The van der Waals surface area contributed by atoms with Crippen LogP contribution in [0, 0.1) is 13.8 Å². The van der Waals surface area contributed by atoms with E-state index < -0.39 is 0 Å². The lowest BCUT2D eigenvalue weighted by molar-refractivity contribution is 0.332. The van der Waals surface area contributed by atoms with Gasteiger partial charge in [-0.2, -0.15) is 5.90 Å². The van der Waals surface area contributed by atoms with Crippen molar-refractivity contribution in [2.45, 2.75) is 13.8 Å². The van der Waals surface area contributed by atoms with Gasteiger partial charge >= 0.3 is 0 Å². The largest absolute Gasteiger partial charge is 0.411 e. The van der Waals surface area contributed by atoms with E-state index in [2.05, 4.69) is 4.84 Å². The Morgan fingerprint density at radius 3 is 2.45 bits per heavy atom. The number of benzene rings is 1. The zero-order valence-electron chi connectivity index (χ0n) is 6.52. The number of aryl methyl sites for hydroxylation is 2. The first kappa shape index (κ1) is 8.37. The van der Waals surface area contributed by atoms with Gasteiger partial charge in [0, 0.05) is 5.02 Å². The van der Waals surface area contributed by atoms with Crippen LogP contribution >= 0.6 is 11.6 Å². The molecule has 0 atom stereocenters. The van der Waals surface area contributed by atoms with Crippen LogP contribution in [0.3, 0.4) is 0 Å². The summed E-state index contributed by atoms with van der Waals surface area (Å²) in [5.74, 6) is 5.70. The summed E-state index contributed by atoms with van der Waals surface area (Å²) in [6.45, 7) is 3.80. The van der Waals surface area contributed by atoms with Crippen LogP contribution in [-0.2, 0) is 0 Å². The van der Waals surface area contributed by atoms with E-state index in [0.29, 0.717) is 5.75 Å². The second-order valence-corrected chi connectivity index (χ2v) is 2.89. The summed E-state index contributed by atoms with van der Waals surface area (Å²) in [6.07, 6.45) is 0. The summed E-state index contributed by atoms with van der Waals surface area (Å²) in [6, 6.07) is 3.65. The highest BCUT2D eigenvalue weighted by molar-refractivity contribution is 6.31. The molecule has 2 N–H and O–H groups in total. The lowest BCUT2D eigenvalue weighted by atomic mass is 10.1. The number of nitrogens with two attached hydrogens (primary N) is 1. The van der Waals surface area contributed by atoms with E-state index in [1.165, 1.54) is 0 Å². The average Bonchev–Trinajstić information content (AvgIpc) is 1.97. The maximum absolute atomic E-state index is 5.85. The molecule has 0 aliphatic heterocycles. The van der Waals surface area contributed by atoms with Crippen LogP contribution in [0.5, 0.6) is 5.75 Å². The molecule has 1 aromatic carbocycles. The van der Waals surface area contributed by atoms with Gasteiger partial charge in [0.1, 0.15) is 5.75 Å². The summed E-state index contributed by atoms with van der Waals surface area (Å²) in [7, 11) is 0. The Bertz CT molecular complexity index is 273. The molecule has 2 nitrogen and oxygen atoms in total. The summed E-state index contributed by atoms with van der Waals surface area (Å²) in [5.41, 5.74) is 1.92. The van der Waals surface area contributed by atoms with Crippen molar-refractivity contribution in [3.63, 3.8) is 0 Å². The molecular formula is C8H10ClNO. The van der Waals surface area contributed by atoms with Crippen molar-refractivity contribution in [2.24, 2.45) is 5.90 Å². The summed E-state index contributed by atoms with van der Waals surface area (Å²) < 4.78 is 0. The van der Waals surface area contributed by atoms with E-state index in [4.69, 9.17) is 17.5 Å². The third kappa shape index (κ3) is 1.64. The maximum atomic E-state index is 5.85. The third-order valence-corrected chi connectivity index (χ3v) is 1.99. The standard InChI is InChI=1S/C8H10ClNO/c1-5-4-8(11-10)6(2)3-7(5)9/h3-4H,10H2,1-2H3. The van der Waals surface area contributed by atoms with Gasteiger partial charge in [-0.05, 0) is 37.1 Å². The second kappa shape index (κ2) is 3.11. The van der Waals surface area contributed by atoms with E-state index in [9.17, 15) is 0 Å². The molecule has 0 bridgehead atoms. The molecule has 0 amide bonds. The van der Waals surface area contributed by atoms with Gasteiger partial charge in [-0.15, -0.1) is 0 Å². The maximum Gasteiger partial charge on any atom is 0.150 e. The molecule has 0 saturated heterocycles. The van der Waals surface area contributed by atoms with Gasteiger partial charge in [-0.3, -0.25) is 0 Å². The van der Waals surface area contributed by atoms with E-state index in [1.54, 1.807) is 0 Å². The predicted octanol–water partition coefficient (Wildman–Crippen LogP) is 2.21. The van der Waals surface area contributed by atoms with Crippen molar-refractivity contribution in [3.8, 4) is 5.75 Å². The molecule has 0 aliphatic rings. The number of halogens is 1. The Kier molecular flexibility index (Phi) is 2.37. The van der Waals surface area contributed by atoms with Gasteiger partial charge in [0.05, 0.1) is 0 Å². The third-order valence-electron chi connectivity index (χ3n) is 1.58. The fourth-order valence-corrected chi connectivity index (χ4v) is 1.10. The smallest absolute Gasteiger partial charge is 0.150 e. The van der Waals surface area contributed by atoms with Crippen molar-refractivity contribution < 1.29 is 4.84 Å². The molecule has 0 aliphatic carbocycles. The molecule has 0 spiro atoms. The van der Waals surface area contributed by atoms with E-state index in [1.807, 2.05) is 26.0 Å². The zero-order valence-corrected chi connectivity index (χ0v) is 7.27. The average molecular weight is 172 g/mol. The highest BCUT2D eigenvalue weighted by Gasteiger charge is 2.01. The quantitative estimate of drug-likeness (QED) is 0.658. The van der Waals surface area contributed by atoms with Gasteiger partial charge in [-0.1, -0.05) is 11.6 Å². The highest BCUT2D eigenvalue weighted by atomic mass is 35.5. The van der Waals surface area contributed by atoms with Gasteiger partial charge < -0.3 is 4.84 Å². The van der Waals surface area contributed by atoms with Crippen LogP contribution in [0.1, 0.15) is 11.1 Å². The number of hydrogen-bond acceptors (Lipinski definition) is 2. The van der Waals surface area contributed by atoms with Crippen LogP contribution in [-0.4, -0.2) is 0 Å². The van der Waals surface area contributed by atoms with Gasteiger partial charge in [0.2, 0.25) is 0 Å².